The van der Waals surface area contributed by atoms with Crippen LogP contribution in [0.2, 0.25) is 5.02 Å². The molecule has 0 unspecified atom stereocenters. The maximum atomic E-state index is 10.3. The van der Waals surface area contributed by atoms with Crippen LogP contribution in [0.25, 0.3) is 0 Å². The van der Waals surface area contributed by atoms with Gasteiger partial charge in [0.05, 0.1) is 5.02 Å². The normalized spacial score (nSPS) is 20.2. The van der Waals surface area contributed by atoms with Crippen molar-refractivity contribution < 1.29 is 5.11 Å². The Labute approximate surface area is 143 Å². The summed E-state index contributed by atoms with van der Waals surface area (Å²) in [6, 6.07) is 6.04. The molecule has 1 aromatic rings. The van der Waals surface area contributed by atoms with Gasteiger partial charge >= 0.3 is 0 Å². The minimum atomic E-state index is 0. The van der Waals surface area contributed by atoms with Crippen LogP contribution in [-0.4, -0.2) is 36.2 Å². The van der Waals surface area contributed by atoms with E-state index in [1.165, 1.54) is 12.8 Å². The number of hydrogen-bond acceptors (Lipinski definition) is 3. The van der Waals surface area contributed by atoms with E-state index in [-0.39, 0.29) is 30.6 Å². The molecular weight excluding hydrogens is 331 g/mol. The van der Waals surface area contributed by atoms with Crippen molar-refractivity contribution in [2.75, 3.05) is 26.2 Å². The fraction of sp³-hybridized carbons (Fsp3) is 0.600. The second-order valence-corrected chi connectivity index (χ2v) is 6.07. The van der Waals surface area contributed by atoms with Gasteiger partial charge in [-0.25, -0.2) is 0 Å². The maximum absolute atomic E-state index is 10.3. The van der Waals surface area contributed by atoms with E-state index in [1.54, 1.807) is 6.07 Å². The fourth-order valence-electron chi connectivity index (χ4n) is 2.94. The van der Waals surface area contributed by atoms with Crippen molar-refractivity contribution in [3.63, 3.8) is 0 Å². The van der Waals surface area contributed by atoms with E-state index in [9.17, 15) is 5.11 Å². The average Bonchev–Trinajstić information content (AvgIpc) is 3.25. The van der Waals surface area contributed by atoms with E-state index < -0.39 is 0 Å². The Balaban J connectivity index is 0.00000110. The zero-order valence-electron chi connectivity index (χ0n) is 11.9. The highest BCUT2D eigenvalue weighted by atomic mass is 35.5. The van der Waals surface area contributed by atoms with Crippen LogP contribution >= 0.6 is 36.4 Å². The molecule has 1 aliphatic heterocycles. The lowest BCUT2D eigenvalue weighted by Crippen LogP contribution is -2.45. The predicted molar refractivity (Wildman–Crippen MR) is 92.1 cm³/mol. The van der Waals surface area contributed by atoms with E-state index in [4.69, 9.17) is 11.6 Å². The Hall–Kier alpha value is -0.190. The Bertz CT molecular complexity index is 449. The highest BCUT2D eigenvalue weighted by molar-refractivity contribution is 6.32. The predicted octanol–water partition coefficient (Wildman–Crippen LogP) is 3.64. The van der Waals surface area contributed by atoms with Gasteiger partial charge in [-0.1, -0.05) is 36.6 Å². The SMILES string of the molecule is Cl.Cl.Oc1c(Cl)cccc1[C@@H](CC1CC1)N1CCNCC1. The first-order valence-electron chi connectivity index (χ1n) is 7.18. The number of nitrogens with zero attached hydrogens (tertiary/aromatic N) is 1. The summed E-state index contributed by atoms with van der Waals surface area (Å²) in [5, 5.41) is 14.1. The zero-order valence-corrected chi connectivity index (χ0v) is 14.3. The molecule has 120 valence electrons. The van der Waals surface area contributed by atoms with E-state index in [0.717, 1.165) is 44.1 Å². The Morgan fingerprint density at radius 3 is 2.52 bits per heavy atom. The molecule has 1 saturated heterocycles. The molecular formula is C15H23Cl3N2O. The Morgan fingerprint density at radius 1 is 1.24 bits per heavy atom. The summed E-state index contributed by atoms with van der Waals surface area (Å²) in [7, 11) is 0. The molecule has 2 aliphatic rings. The summed E-state index contributed by atoms with van der Waals surface area (Å²) in [6.45, 7) is 4.15. The number of phenolic OH excluding ortho intramolecular Hbond substituents is 1. The molecule has 2 fully saturated rings. The molecule has 1 atom stereocenters. The number of phenols is 1. The van der Waals surface area contributed by atoms with Gasteiger partial charge in [0, 0.05) is 37.8 Å². The first-order chi connectivity index (χ1) is 9.25. The van der Waals surface area contributed by atoms with E-state index >= 15 is 0 Å². The number of piperazine rings is 1. The van der Waals surface area contributed by atoms with Crippen LogP contribution in [0, 0.1) is 5.92 Å². The Morgan fingerprint density at radius 2 is 1.90 bits per heavy atom. The lowest BCUT2D eigenvalue weighted by Gasteiger charge is -2.35. The van der Waals surface area contributed by atoms with Gasteiger partial charge in [0.1, 0.15) is 5.75 Å². The van der Waals surface area contributed by atoms with Crippen molar-refractivity contribution in [2.24, 2.45) is 5.92 Å². The lowest BCUT2D eigenvalue weighted by atomic mass is 9.97. The molecule has 0 spiro atoms. The van der Waals surface area contributed by atoms with Crippen LogP contribution in [0.15, 0.2) is 18.2 Å². The van der Waals surface area contributed by atoms with Crippen LogP contribution in [0.3, 0.4) is 0 Å². The van der Waals surface area contributed by atoms with Gasteiger partial charge in [-0.3, -0.25) is 4.90 Å². The topological polar surface area (TPSA) is 35.5 Å². The monoisotopic (exact) mass is 352 g/mol. The summed E-state index contributed by atoms with van der Waals surface area (Å²) < 4.78 is 0. The summed E-state index contributed by atoms with van der Waals surface area (Å²) in [5.74, 6) is 1.10. The first-order valence-corrected chi connectivity index (χ1v) is 7.55. The quantitative estimate of drug-likeness (QED) is 0.867. The van der Waals surface area contributed by atoms with Gasteiger partial charge in [0.25, 0.3) is 0 Å². The largest absolute Gasteiger partial charge is 0.506 e. The number of para-hydroxylation sites is 1. The molecule has 6 heteroatoms. The molecule has 3 rings (SSSR count). The molecule has 3 nitrogen and oxygen atoms in total. The lowest BCUT2D eigenvalue weighted by molar-refractivity contribution is 0.158. The molecule has 21 heavy (non-hydrogen) atoms. The standard InChI is InChI=1S/C15H21ClN2O.2ClH/c16-13-3-1-2-12(15(13)19)14(10-11-4-5-11)18-8-6-17-7-9-18;;/h1-3,11,14,17,19H,4-10H2;2*1H/t14-;;/m1../s1. The highest BCUT2D eigenvalue weighted by Gasteiger charge is 2.31. The third kappa shape index (κ3) is 4.64. The van der Waals surface area contributed by atoms with Gasteiger partial charge in [-0.05, 0) is 18.4 Å². The third-order valence-corrected chi connectivity index (χ3v) is 4.53. The minimum absolute atomic E-state index is 0. The highest BCUT2D eigenvalue weighted by Crippen LogP contribution is 2.43. The molecule has 1 aliphatic carbocycles. The van der Waals surface area contributed by atoms with Crippen molar-refractivity contribution in [1.82, 2.24) is 10.2 Å². The number of hydrogen-bond donors (Lipinski definition) is 2. The van der Waals surface area contributed by atoms with E-state index in [0.29, 0.717) is 11.1 Å². The Kier molecular flexibility index (Phi) is 7.58. The third-order valence-electron chi connectivity index (χ3n) is 4.22. The molecule has 0 radical (unpaired) electrons. The molecule has 2 N–H and O–H groups in total. The van der Waals surface area contributed by atoms with Crippen LogP contribution in [0.5, 0.6) is 5.75 Å². The second kappa shape index (κ2) is 8.44. The number of nitrogens with one attached hydrogen (secondary N) is 1. The second-order valence-electron chi connectivity index (χ2n) is 5.66. The number of rotatable bonds is 4. The molecule has 0 bridgehead atoms. The molecule has 0 aromatic heterocycles. The maximum Gasteiger partial charge on any atom is 0.138 e. The average molecular weight is 354 g/mol. The van der Waals surface area contributed by atoms with Crippen LogP contribution in [-0.2, 0) is 0 Å². The van der Waals surface area contributed by atoms with Gasteiger partial charge in [0.2, 0.25) is 0 Å². The smallest absolute Gasteiger partial charge is 0.138 e. The van der Waals surface area contributed by atoms with Gasteiger partial charge in [-0.15, -0.1) is 24.8 Å². The number of halogens is 3. The van der Waals surface area contributed by atoms with Crippen molar-refractivity contribution in [1.29, 1.82) is 0 Å². The summed E-state index contributed by atoms with van der Waals surface area (Å²) in [5.41, 5.74) is 1.00. The molecule has 0 amide bonds. The molecule has 1 saturated carbocycles. The zero-order chi connectivity index (χ0) is 13.2. The summed E-state index contributed by atoms with van der Waals surface area (Å²) in [4.78, 5) is 2.49. The van der Waals surface area contributed by atoms with Crippen molar-refractivity contribution >= 4 is 36.4 Å². The van der Waals surface area contributed by atoms with Crippen LogP contribution in [0.1, 0.15) is 30.9 Å². The molecule has 1 aromatic carbocycles. The van der Waals surface area contributed by atoms with Crippen molar-refractivity contribution in [3.05, 3.63) is 28.8 Å². The van der Waals surface area contributed by atoms with Gasteiger partial charge < -0.3 is 10.4 Å². The number of aromatic hydroxyl groups is 1. The van der Waals surface area contributed by atoms with Gasteiger partial charge in [-0.2, -0.15) is 0 Å². The molecule has 1 heterocycles. The van der Waals surface area contributed by atoms with Gasteiger partial charge in [0.15, 0.2) is 0 Å². The van der Waals surface area contributed by atoms with E-state index in [1.807, 2.05) is 12.1 Å². The van der Waals surface area contributed by atoms with E-state index in [2.05, 4.69) is 10.2 Å². The summed E-state index contributed by atoms with van der Waals surface area (Å²) >= 11 is 6.07. The van der Waals surface area contributed by atoms with Crippen molar-refractivity contribution in [3.8, 4) is 5.75 Å². The minimum Gasteiger partial charge on any atom is -0.506 e. The summed E-state index contributed by atoms with van der Waals surface area (Å²) in [6.07, 6.45) is 3.82. The first kappa shape index (κ1) is 18.9. The fourth-order valence-corrected chi connectivity index (χ4v) is 3.12. The van der Waals surface area contributed by atoms with Crippen LogP contribution in [0.4, 0.5) is 0 Å². The van der Waals surface area contributed by atoms with Crippen LogP contribution < -0.4 is 5.32 Å². The number of benzene rings is 1. The van der Waals surface area contributed by atoms with Crippen molar-refractivity contribution in [2.45, 2.75) is 25.3 Å².